The monoisotopic (exact) mass is 348 g/mol. The quantitative estimate of drug-likeness (QED) is 0.426. The molecule has 3 aromatic rings. The van der Waals surface area contributed by atoms with Crippen LogP contribution in [0.25, 0.3) is 0 Å². The van der Waals surface area contributed by atoms with Crippen molar-refractivity contribution >= 4 is 23.3 Å². The number of anilines is 2. The van der Waals surface area contributed by atoms with Gasteiger partial charge in [0.15, 0.2) is 5.75 Å². The molecule has 3 aromatic carbocycles. The van der Waals surface area contributed by atoms with Gasteiger partial charge in [-0.15, -0.1) is 0 Å². The van der Waals surface area contributed by atoms with Gasteiger partial charge in [0.25, 0.3) is 0 Å². The fraction of sp³-hybridized carbons (Fsp3) is 0. The molecule has 26 heavy (non-hydrogen) atoms. The summed E-state index contributed by atoms with van der Waals surface area (Å²) in [6.07, 6.45) is 0. The molecule has 0 aliphatic rings. The van der Waals surface area contributed by atoms with Crippen LogP contribution in [-0.4, -0.2) is 11.9 Å². The molecule has 0 aliphatic carbocycles. The van der Waals surface area contributed by atoms with E-state index in [4.69, 9.17) is 20.9 Å². The van der Waals surface area contributed by atoms with E-state index in [9.17, 15) is 9.59 Å². The van der Waals surface area contributed by atoms with Crippen LogP contribution in [0.4, 0.5) is 11.4 Å². The van der Waals surface area contributed by atoms with Gasteiger partial charge in [-0.1, -0.05) is 24.3 Å². The SMILES string of the molecule is Nc1ccc(OC(=O)c2ccccc2C(=O)Oc2ccccc2N)cc1. The average molecular weight is 348 g/mol. The molecular formula is C20H16N2O4. The second-order valence-corrected chi connectivity index (χ2v) is 5.43. The Bertz CT molecular complexity index is 952. The van der Waals surface area contributed by atoms with Crippen LogP contribution < -0.4 is 20.9 Å². The van der Waals surface area contributed by atoms with Crippen molar-refractivity contribution in [3.63, 3.8) is 0 Å². The molecule has 0 aliphatic heterocycles. The lowest BCUT2D eigenvalue weighted by Gasteiger charge is -2.10. The third kappa shape index (κ3) is 3.81. The number of hydrogen-bond donors (Lipinski definition) is 2. The van der Waals surface area contributed by atoms with Gasteiger partial charge in [-0.3, -0.25) is 0 Å². The van der Waals surface area contributed by atoms with Crippen molar-refractivity contribution in [2.45, 2.75) is 0 Å². The first-order chi connectivity index (χ1) is 12.5. The Labute approximate surface area is 150 Å². The van der Waals surface area contributed by atoms with Crippen LogP contribution in [0.15, 0.2) is 72.8 Å². The Balaban J connectivity index is 1.83. The minimum atomic E-state index is -0.701. The predicted octanol–water partition coefficient (Wildman–Crippen LogP) is 3.29. The molecule has 0 fully saturated rings. The first-order valence-electron chi connectivity index (χ1n) is 7.78. The molecule has 0 aromatic heterocycles. The third-order valence-electron chi connectivity index (χ3n) is 3.58. The first-order valence-corrected chi connectivity index (χ1v) is 7.78. The summed E-state index contributed by atoms with van der Waals surface area (Å²) < 4.78 is 10.6. The van der Waals surface area contributed by atoms with Crippen molar-refractivity contribution in [2.24, 2.45) is 0 Å². The second kappa shape index (κ2) is 7.40. The van der Waals surface area contributed by atoms with Gasteiger partial charge < -0.3 is 20.9 Å². The largest absolute Gasteiger partial charge is 0.423 e. The molecule has 0 saturated carbocycles. The number of carbonyl (C=O) groups excluding carboxylic acids is 2. The molecule has 0 atom stereocenters. The topological polar surface area (TPSA) is 105 Å². The molecule has 130 valence electrons. The van der Waals surface area contributed by atoms with Gasteiger partial charge in [0.2, 0.25) is 0 Å². The number of carbonyl (C=O) groups is 2. The molecule has 6 nitrogen and oxygen atoms in total. The van der Waals surface area contributed by atoms with E-state index < -0.39 is 11.9 Å². The molecule has 0 amide bonds. The zero-order chi connectivity index (χ0) is 18.5. The maximum Gasteiger partial charge on any atom is 0.344 e. The number of benzene rings is 3. The van der Waals surface area contributed by atoms with Crippen molar-refractivity contribution in [3.05, 3.63) is 83.9 Å². The van der Waals surface area contributed by atoms with Crippen molar-refractivity contribution < 1.29 is 19.1 Å². The van der Waals surface area contributed by atoms with E-state index in [0.717, 1.165) is 0 Å². The minimum Gasteiger partial charge on any atom is -0.423 e. The fourth-order valence-corrected chi connectivity index (χ4v) is 2.27. The van der Waals surface area contributed by atoms with Crippen molar-refractivity contribution in [1.29, 1.82) is 0 Å². The van der Waals surface area contributed by atoms with Crippen LogP contribution in [0.5, 0.6) is 11.5 Å². The summed E-state index contributed by atoms with van der Waals surface area (Å²) in [5, 5.41) is 0. The van der Waals surface area contributed by atoms with E-state index in [1.54, 1.807) is 60.7 Å². The van der Waals surface area contributed by atoms with Crippen LogP contribution in [0, 0.1) is 0 Å². The molecule has 0 heterocycles. The molecular weight excluding hydrogens is 332 g/mol. The van der Waals surface area contributed by atoms with Gasteiger partial charge in [0, 0.05) is 5.69 Å². The third-order valence-corrected chi connectivity index (χ3v) is 3.58. The highest BCUT2D eigenvalue weighted by Gasteiger charge is 2.20. The van der Waals surface area contributed by atoms with Gasteiger partial charge in [-0.25, -0.2) is 9.59 Å². The number of esters is 2. The normalized spacial score (nSPS) is 10.2. The lowest BCUT2D eigenvalue weighted by atomic mass is 10.1. The predicted molar refractivity (Wildman–Crippen MR) is 98.1 cm³/mol. The molecule has 4 N–H and O–H groups in total. The Morgan fingerprint density at radius 1 is 0.654 bits per heavy atom. The lowest BCUT2D eigenvalue weighted by Crippen LogP contribution is -2.17. The maximum absolute atomic E-state index is 12.5. The minimum absolute atomic E-state index is 0.0798. The Kier molecular flexibility index (Phi) is 4.85. The van der Waals surface area contributed by atoms with E-state index in [1.165, 1.54) is 12.1 Å². The Morgan fingerprint density at radius 3 is 1.81 bits per heavy atom. The van der Waals surface area contributed by atoms with Crippen molar-refractivity contribution in [3.8, 4) is 11.5 Å². The van der Waals surface area contributed by atoms with Gasteiger partial charge >= 0.3 is 11.9 Å². The van der Waals surface area contributed by atoms with Gasteiger partial charge in [-0.2, -0.15) is 0 Å². The summed E-state index contributed by atoms with van der Waals surface area (Å²) in [5.74, 6) is -0.838. The highest BCUT2D eigenvalue weighted by molar-refractivity contribution is 6.04. The summed E-state index contributed by atoms with van der Waals surface area (Å²) in [6, 6.07) is 19.2. The van der Waals surface area contributed by atoms with Crippen molar-refractivity contribution in [2.75, 3.05) is 11.5 Å². The van der Waals surface area contributed by atoms with Gasteiger partial charge in [0.1, 0.15) is 5.75 Å². The summed E-state index contributed by atoms with van der Waals surface area (Å²) in [6.45, 7) is 0. The zero-order valence-electron chi connectivity index (χ0n) is 13.7. The summed E-state index contributed by atoms with van der Waals surface area (Å²) in [5.41, 5.74) is 12.4. The molecule has 0 saturated heterocycles. The van der Waals surface area contributed by atoms with Crippen molar-refractivity contribution in [1.82, 2.24) is 0 Å². The van der Waals surface area contributed by atoms with Gasteiger partial charge in [-0.05, 0) is 48.5 Å². The number of hydrogen-bond acceptors (Lipinski definition) is 6. The molecule has 3 rings (SSSR count). The summed E-state index contributed by atoms with van der Waals surface area (Å²) >= 11 is 0. The van der Waals surface area contributed by atoms with E-state index >= 15 is 0 Å². The molecule has 0 radical (unpaired) electrons. The van der Waals surface area contributed by atoms with Crippen LogP contribution in [0.3, 0.4) is 0 Å². The van der Waals surface area contributed by atoms with E-state index in [2.05, 4.69) is 0 Å². The highest BCUT2D eigenvalue weighted by Crippen LogP contribution is 2.23. The van der Waals surface area contributed by atoms with Gasteiger partial charge in [0.05, 0.1) is 16.8 Å². The number of nitrogens with two attached hydrogens (primary N) is 2. The second-order valence-electron chi connectivity index (χ2n) is 5.43. The number of para-hydroxylation sites is 2. The molecule has 0 unspecified atom stereocenters. The maximum atomic E-state index is 12.5. The first kappa shape index (κ1) is 17.0. The fourth-order valence-electron chi connectivity index (χ4n) is 2.27. The summed E-state index contributed by atoms with van der Waals surface area (Å²) in [4.78, 5) is 24.9. The zero-order valence-corrected chi connectivity index (χ0v) is 13.7. The van der Waals surface area contributed by atoms with Crippen LogP contribution in [0.1, 0.15) is 20.7 Å². The average Bonchev–Trinajstić information content (AvgIpc) is 2.65. The Morgan fingerprint density at radius 2 is 1.19 bits per heavy atom. The van der Waals surface area contributed by atoms with Crippen LogP contribution in [-0.2, 0) is 0 Å². The lowest BCUT2D eigenvalue weighted by molar-refractivity contribution is 0.0692. The van der Waals surface area contributed by atoms with E-state index in [0.29, 0.717) is 17.1 Å². The Hall–Kier alpha value is -3.80. The highest BCUT2D eigenvalue weighted by atomic mass is 16.5. The molecule has 6 heteroatoms. The number of ether oxygens (including phenoxy) is 2. The smallest absolute Gasteiger partial charge is 0.344 e. The number of nitrogen functional groups attached to an aromatic ring is 2. The number of rotatable bonds is 4. The standard InChI is InChI=1S/C20H16N2O4/c21-13-9-11-14(12-10-13)25-19(23)15-5-1-2-6-16(15)20(24)26-18-8-4-3-7-17(18)22/h1-12H,21-22H2. The van der Waals surface area contributed by atoms with E-state index in [-0.39, 0.29) is 16.9 Å². The van der Waals surface area contributed by atoms with E-state index in [1.807, 2.05) is 0 Å². The molecule has 0 bridgehead atoms. The summed E-state index contributed by atoms with van der Waals surface area (Å²) in [7, 11) is 0. The van der Waals surface area contributed by atoms with Crippen LogP contribution in [0.2, 0.25) is 0 Å². The van der Waals surface area contributed by atoms with Crippen LogP contribution >= 0.6 is 0 Å². The molecule has 0 spiro atoms.